The summed E-state index contributed by atoms with van der Waals surface area (Å²) in [7, 11) is -4.59. The zero-order valence-corrected chi connectivity index (χ0v) is 11.9. The highest BCUT2D eigenvalue weighted by atomic mass is 32.2. The third kappa shape index (κ3) is 3.38. The molecule has 5 nitrogen and oxygen atoms in total. The SMILES string of the molecule is O=C(O)[C@@H]1CCCN1Cc1ccc(S(=O)(=O)C(F)F)cc1. The Labute approximate surface area is 121 Å². The zero-order chi connectivity index (χ0) is 15.6. The van der Waals surface area contributed by atoms with Gasteiger partial charge in [-0.25, -0.2) is 8.42 Å². The molecule has 0 spiro atoms. The van der Waals surface area contributed by atoms with Crippen LogP contribution in [0.25, 0.3) is 0 Å². The number of aliphatic carboxylic acids is 1. The summed E-state index contributed by atoms with van der Waals surface area (Å²) in [5, 5.41) is 9.07. The molecule has 1 atom stereocenters. The number of likely N-dealkylation sites (tertiary alicyclic amines) is 1. The summed E-state index contributed by atoms with van der Waals surface area (Å²) in [6, 6.07) is 4.58. The third-order valence-corrected chi connectivity index (χ3v) is 4.92. The van der Waals surface area contributed by atoms with Crippen molar-refractivity contribution >= 4 is 15.8 Å². The monoisotopic (exact) mass is 319 g/mol. The number of halogens is 2. The molecule has 2 rings (SSSR count). The largest absolute Gasteiger partial charge is 0.480 e. The average Bonchev–Trinajstić information content (AvgIpc) is 2.87. The lowest BCUT2D eigenvalue weighted by Gasteiger charge is -2.21. The van der Waals surface area contributed by atoms with Gasteiger partial charge in [0.25, 0.3) is 0 Å². The maximum absolute atomic E-state index is 12.4. The predicted octanol–water partition coefficient (Wildman–Crippen LogP) is 1.73. The molecule has 1 aliphatic rings. The van der Waals surface area contributed by atoms with E-state index in [-0.39, 0.29) is 0 Å². The van der Waals surface area contributed by atoms with Crippen molar-refractivity contribution in [2.45, 2.75) is 36.1 Å². The van der Waals surface area contributed by atoms with Crippen LogP contribution in [0.4, 0.5) is 8.78 Å². The summed E-state index contributed by atoms with van der Waals surface area (Å²) in [4.78, 5) is 12.4. The minimum absolute atomic E-state index is 0.353. The van der Waals surface area contributed by atoms with Crippen molar-refractivity contribution in [2.75, 3.05) is 6.54 Å². The molecule has 1 aromatic rings. The van der Waals surface area contributed by atoms with E-state index in [0.717, 1.165) is 18.6 Å². The molecule has 0 radical (unpaired) electrons. The Balaban J connectivity index is 2.12. The van der Waals surface area contributed by atoms with Crippen LogP contribution >= 0.6 is 0 Å². The van der Waals surface area contributed by atoms with Gasteiger partial charge in [-0.05, 0) is 37.1 Å². The number of hydrogen-bond acceptors (Lipinski definition) is 4. The maximum atomic E-state index is 12.4. The fourth-order valence-electron chi connectivity index (χ4n) is 2.42. The highest BCUT2D eigenvalue weighted by Crippen LogP contribution is 2.22. The fraction of sp³-hybridized carbons (Fsp3) is 0.462. The molecule has 1 aromatic carbocycles. The first-order valence-electron chi connectivity index (χ1n) is 6.40. The van der Waals surface area contributed by atoms with Crippen LogP contribution in [0.1, 0.15) is 18.4 Å². The number of sulfone groups is 1. The average molecular weight is 319 g/mol. The summed E-state index contributed by atoms with van der Waals surface area (Å²) in [5.41, 5.74) is 0.691. The second-order valence-electron chi connectivity index (χ2n) is 4.92. The van der Waals surface area contributed by atoms with Gasteiger partial charge in [-0.15, -0.1) is 0 Å². The second-order valence-corrected chi connectivity index (χ2v) is 6.83. The molecule has 0 unspecified atom stereocenters. The molecule has 21 heavy (non-hydrogen) atoms. The molecule has 1 saturated heterocycles. The van der Waals surface area contributed by atoms with Gasteiger partial charge in [-0.2, -0.15) is 8.78 Å². The highest BCUT2D eigenvalue weighted by Gasteiger charge is 2.30. The Kier molecular flexibility index (Phi) is 4.58. The number of carbonyl (C=O) groups is 1. The molecular weight excluding hydrogens is 304 g/mol. The minimum Gasteiger partial charge on any atom is -0.480 e. The number of nitrogens with zero attached hydrogens (tertiary/aromatic N) is 1. The molecule has 0 aromatic heterocycles. The standard InChI is InChI=1S/C13H15F2NO4S/c14-13(15)21(19,20)10-5-3-9(4-6-10)8-16-7-1-2-11(16)12(17)18/h3-6,11,13H,1-2,7-8H2,(H,17,18)/t11-/m0/s1. The Morgan fingerprint density at radius 1 is 1.33 bits per heavy atom. The number of carboxylic acids is 1. The van der Waals surface area contributed by atoms with Gasteiger partial charge in [0.1, 0.15) is 6.04 Å². The molecule has 1 fully saturated rings. The Morgan fingerprint density at radius 2 is 1.95 bits per heavy atom. The van der Waals surface area contributed by atoms with Crippen molar-refractivity contribution in [1.82, 2.24) is 4.90 Å². The van der Waals surface area contributed by atoms with Gasteiger partial charge in [0, 0.05) is 6.54 Å². The van der Waals surface area contributed by atoms with Crippen molar-refractivity contribution in [3.63, 3.8) is 0 Å². The number of alkyl halides is 2. The predicted molar refractivity (Wildman–Crippen MR) is 70.7 cm³/mol. The van der Waals surface area contributed by atoms with Gasteiger partial charge in [-0.1, -0.05) is 12.1 Å². The number of hydrogen-bond donors (Lipinski definition) is 1. The van der Waals surface area contributed by atoms with Gasteiger partial charge < -0.3 is 5.11 Å². The second kappa shape index (κ2) is 6.07. The summed E-state index contributed by atoms with van der Waals surface area (Å²) in [6.07, 6.45) is 1.36. The van der Waals surface area contributed by atoms with E-state index in [1.807, 2.05) is 0 Å². The lowest BCUT2D eigenvalue weighted by molar-refractivity contribution is -0.142. The minimum atomic E-state index is -4.59. The molecule has 0 amide bonds. The Bertz CT molecular complexity index is 616. The van der Waals surface area contributed by atoms with Crippen molar-refractivity contribution in [2.24, 2.45) is 0 Å². The van der Waals surface area contributed by atoms with E-state index in [1.54, 1.807) is 4.90 Å². The topological polar surface area (TPSA) is 74.7 Å². The first-order valence-corrected chi connectivity index (χ1v) is 7.95. The Morgan fingerprint density at radius 3 is 2.48 bits per heavy atom. The van der Waals surface area contributed by atoms with Crippen molar-refractivity contribution in [3.8, 4) is 0 Å². The quantitative estimate of drug-likeness (QED) is 0.894. The smallest absolute Gasteiger partial charge is 0.341 e. The van der Waals surface area contributed by atoms with Gasteiger partial charge in [-0.3, -0.25) is 9.69 Å². The van der Waals surface area contributed by atoms with Gasteiger partial charge in [0.2, 0.25) is 9.84 Å². The maximum Gasteiger partial charge on any atom is 0.341 e. The molecule has 1 N–H and O–H groups in total. The zero-order valence-electron chi connectivity index (χ0n) is 11.1. The van der Waals surface area contributed by atoms with Crippen LogP contribution in [0.2, 0.25) is 0 Å². The summed E-state index contributed by atoms with van der Waals surface area (Å²) in [6.45, 7) is 1.00. The molecule has 0 bridgehead atoms. The van der Waals surface area contributed by atoms with Crippen LogP contribution < -0.4 is 0 Å². The summed E-state index contributed by atoms with van der Waals surface area (Å²) in [5.74, 6) is -4.33. The van der Waals surface area contributed by atoms with Gasteiger partial charge in [0.15, 0.2) is 0 Å². The molecule has 0 aliphatic carbocycles. The van der Waals surface area contributed by atoms with Crippen molar-refractivity contribution in [3.05, 3.63) is 29.8 Å². The van der Waals surface area contributed by atoms with E-state index in [1.165, 1.54) is 12.1 Å². The van der Waals surface area contributed by atoms with Gasteiger partial charge >= 0.3 is 11.7 Å². The van der Waals surface area contributed by atoms with E-state index in [9.17, 15) is 22.0 Å². The lowest BCUT2D eigenvalue weighted by Crippen LogP contribution is -2.35. The van der Waals surface area contributed by atoms with E-state index < -0.39 is 32.5 Å². The van der Waals surface area contributed by atoms with E-state index >= 15 is 0 Å². The number of rotatable bonds is 5. The molecule has 0 saturated carbocycles. The third-order valence-electron chi connectivity index (χ3n) is 3.52. The normalized spacial score (nSPS) is 20.0. The molecule has 1 aliphatic heterocycles. The first-order chi connectivity index (χ1) is 9.82. The molecule has 1 heterocycles. The van der Waals surface area contributed by atoms with Crippen LogP contribution in [0.5, 0.6) is 0 Å². The fourth-order valence-corrected chi connectivity index (χ4v) is 3.14. The van der Waals surface area contributed by atoms with Crippen LogP contribution in [0.3, 0.4) is 0 Å². The molecule has 8 heteroatoms. The van der Waals surface area contributed by atoms with Crippen molar-refractivity contribution < 1.29 is 27.1 Å². The summed E-state index contributed by atoms with van der Waals surface area (Å²) >= 11 is 0. The van der Waals surface area contributed by atoms with Gasteiger partial charge in [0.05, 0.1) is 4.90 Å². The number of carboxylic acid groups (broad SMARTS) is 1. The van der Waals surface area contributed by atoms with E-state index in [4.69, 9.17) is 5.11 Å². The lowest BCUT2D eigenvalue weighted by atomic mass is 10.2. The first kappa shape index (κ1) is 15.8. The summed E-state index contributed by atoms with van der Waals surface area (Å²) < 4.78 is 47.4. The highest BCUT2D eigenvalue weighted by molar-refractivity contribution is 7.91. The molecular formula is C13H15F2NO4S. The van der Waals surface area contributed by atoms with Crippen LogP contribution in [-0.4, -0.2) is 42.7 Å². The van der Waals surface area contributed by atoms with E-state index in [2.05, 4.69) is 0 Å². The van der Waals surface area contributed by atoms with E-state index in [0.29, 0.717) is 25.1 Å². The number of benzene rings is 1. The van der Waals surface area contributed by atoms with Crippen molar-refractivity contribution in [1.29, 1.82) is 0 Å². The Hall–Kier alpha value is -1.54. The van der Waals surface area contributed by atoms with Crippen LogP contribution in [0.15, 0.2) is 29.2 Å². The van der Waals surface area contributed by atoms with Crippen LogP contribution in [-0.2, 0) is 21.2 Å². The molecule has 116 valence electrons. The van der Waals surface area contributed by atoms with Crippen LogP contribution in [0, 0.1) is 0 Å².